The Morgan fingerprint density at radius 3 is 2.67 bits per heavy atom. The first kappa shape index (κ1) is 20.2. The number of furan rings is 1. The van der Waals surface area contributed by atoms with E-state index in [9.17, 15) is 4.79 Å². The van der Waals surface area contributed by atoms with Crippen molar-refractivity contribution >= 4 is 22.9 Å². The maximum absolute atomic E-state index is 12.2. The van der Waals surface area contributed by atoms with Crippen LogP contribution in [0, 0.1) is 0 Å². The van der Waals surface area contributed by atoms with Crippen LogP contribution in [0.25, 0.3) is 11.0 Å². The van der Waals surface area contributed by atoms with Crippen LogP contribution in [-0.2, 0) is 0 Å². The van der Waals surface area contributed by atoms with Crippen molar-refractivity contribution in [2.75, 3.05) is 44.2 Å². The van der Waals surface area contributed by atoms with Crippen LogP contribution in [0.3, 0.4) is 0 Å². The molecule has 1 saturated heterocycles. The number of hydrogen-bond donors (Lipinski definition) is 2. The summed E-state index contributed by atoms with van der Waals surface area (Å²) in [5.74, 6) is 1.56. The van der Waals surface area contributed by atoms with Crippen molar-refractivity contribution in [2.24, 2.45) is 0 Å². The van der Waals surface area contributed by atoms with Crippen LogP contribution >= 0.6 is 0 Å². The number of anilines is 1. The molecule has 0 bridgehead atoms. The van der Waals surface area contributed by atoms with E-state index in [0.29, 0.717) is 6.54 Å². The van der Waals surface area contributed by atoms with Gasteiger partial charge in [0.25, 0.3) is 0 Å². The molecule has 3 aromatic rings. The van der Waals surface area contributed by atoms with Gasteiger partial charge >= 0.3 is 6.03 Å². The zero-order valence-corrected chi connectivity index (χ0v) is 17.3. The second-order valence-corrected chi connectivity index (χ2v) is 7.54. The number of fused-ring (bicyclic) bond motifs is 1. The molecule has 2 amide bonds. The Morgan fingerprint density at radius 1 is 1.13 bits per heavy atom. The summed E-state index contributed by atoms with van der Waals surface area (Å²) in [6, 6.07) is 11.3. The van der Waals surface area contributed by atoms with Crippen molar-refractivity contribution in [3.05, 3.63) is 54.6 Å². The Kier molecular flexibility index (Phi) is 6.44. The molecule has 2 N–H and O–H groups in total. The van der Waals surface area contributed by atoms with Gasteiger partial charge in [-0.25, -0.2) is 14.8 Å². The lowest BCUT2D eigenvalue weighted by molar-refractivity contribution is 0.232. The summed E-state index contributed by atoms with van der Waals surface area (Å²) in [6.07, 6.45) is 4.47. The zero-order valence-electron chi connectivity index (χ0n) is 17.3. The van der Waals surface area contributed by atoms with Gasteiger partial charge in [-0.3, -0.25) is 4.90 Å². The minimum absolute atomic E-state index is 0.172. The highest BCUT2D eigenvalue weighted by Crippen LogP contribution is 2.23. The lowest BCUT2D eigenvalue weighted by atomic mass is 10.2. The van der Waals surface area contributed by atoms with Gasteiger partial charge in [-0.15, -0.1) is 0 Å². The molecule has 0 spiro atoms. The predicted molar refractivity (Wildman–Crippen MR) is 116 cm³/mol. The van der Waals surface area contributed by atoms with Gasteiger partial charge in [0.2, 0.25) is 5.95 Å². The number of nitrogens with zero attached hydrogens (tertiary/aromatic N) is 4. The van der Waals surface area contributed by atoms with Crippen LogP contribution in [0.4, 0.5) is 10.7 Å². The summed E-state index contributed by atoms with van der Waals surface area (Å²) in [5, 5.41) is 6.93. The van der Waals surface area contributed by atoms with Gasteiger partial charge in [-0.05, 0) is 38.1 Å². The van der Waals surface area contributed by atoms with E-state index < -0.39 is 0 Å². The Labute approximate surface area is 176 Å². The number of carbonyl (C=O) groups is 1. The molecular formula is C22H28N6O2. The van der Waals surface area contributed by atoms with Gasteiger partial charge < -0.3 is 20.0 Å². The average Bonchev–Trinajstić information content (AvgIpc) is 3.22. The quantitative estimate of drug-likeness (QED) is 0.585. The van der Waals surface area contributed by atoms with Gasteiger partial charge in [0.15, 0.2) is 0 Å². The maximum Gasteiger partial charge on any atom is 0.315 e. The molecule has 8 heteroatoms. The highest BCUT2D eigenvalue weighted by molar-refractivity contribution is 5.78. The fourth-order valence-electron chi connectivity index (χ4n) is 3.67. The number of urea groups is 1. The minimum Gasteiger partial charge on any atom is -0.459 e. The highest BCUT2D eigenvalue weighted by Gasteiger charge is 2.18. The molecular weight excluding hydrogens is 380 g/mol. The number of aromatic nitrogens is 2. The summed E-state index contributed by atoms with van der Waals surface area (Å²) >= 11 is 0. The number of para-hydroxylation sites is 1. The second-order valence-electron chi connectivity index (χ2n) is 7.54. The van der Waals surface area contributed by atoms with Gasteiger partial charge in [0, 0.05) is 50.5 Å². The van der Waals surface area contributed by atoms with Crippen molar-refractivity contribution < 1.29 is 9.21 Å². The minimum atomic E-state index is -0.189. The van der Waals surface area contributed by atoms with E-state index in [2.05, 4.69) is 30.4 Å². The van der Waals surface area contributed by atoms with Crippen molar-refractivity contribution in [3.8, 4) is 0 Å². The maximum atomic E-state index is 12.2. The number of carbonyl (C=O) groups excluding carboxylic acids is 1. The number of nitrogens with one attached hydrogen (secondary N) is 2. The normalized spacial score (nSPS) is 15.8. The number of hydrogen-bond acceptors (Lipinski definition) is 6. The number of benzene rings is 1. The van der Waals surface area contributed by atoms with E-state index >= 15 is 0 Å². The monoisotopic (exact) mass is 408 g/mol. The summed E-state index contributed by atoms with van der Waals surface area (Å²) in [7, 11) is 0. The van der Waals surface area contributed by atoms with Gasteiger partial charge in [-0.2, -0.15) is 0 Å². The molecule has 0 aliphatic carbocycles. The van der Waals surface area contributed by atoms with E-state index in [-0.39, 0.29) is 12.1 Å². The summed E-state index contributed by atoms with van der Waals surface area (Å²) in [4.78, 5) is 25.4. The lowest BCUT2D eigenvalue weighted by Crippen LogP contribution is -2.47. The van der Waals surface area contributed by atoms with Crippen LogP contribution in [0.15, 0.2) is 53.2 Å². The zero-order chi connectivity index (χ0) is 20.8. The van der Waals surface area contributed by atoms with Crippen LogP contribution in [-0.4, -0.2) is 60.2 Å². The molecule has 3 heterocycles. The van der Waals surface area contributed by atoms with E-state index in [0.717, 1.165) is 61.8 Å². The molecule has 30 heavy (non-hydrogen) atoms. The molecule has 0 saturated carbocycles. The van der Waals surface area contributed by atoms with E-state index in [1.54, 1.807) is 12.4 Å². The lowest BCUT2D eigenvalue weighted by Gasteiger charge is -2.34. The molecule has 2 aromatic heterocycles. The fraction of sp³-hybridized carbons (Fsp3) is 0.409. The first-order chi connectivity index (χ1) is 14.7. The van der Waals surface area contributed by atoms with E-state index in [1.807, 2.05) is 43.3 Å². The van der Waals surface area contributed by atoms with Crippen molar-refractivity contribution in [1.29, 1.82) is 0 Å². The molecule has 1 unspecified atom stereocenters. The number of amides is 2. The Bertz CT molecular complexity index is 919. The standard InChI is InChI=1S/C22H28N6O2/c1-17(20-16-18-6-2-3-7-19(18)30-20)26-22(29)25-10-5-11-27-12-14-28(15-13-27)21-23-8-4-9-24-21/h2-4,6-9,16-17H,5,10-15H2,1H3,(H2,25,26,29). The first-order valence-corrected chi connectivity index (χ1v) is 10.5. The van der Waals surface area contributed by atoms with E-state index in [4.69, 9.17) is 4.42 Å². The van der Waals surface area contributed by atoms with Gasteiger partial charge in [0.05, 0.1) is 6.04 Å². The van der Waals surface area contributed by atoms with Crippen molar-refractivity contribution in [1.82, 2.24) is 25.5 Å². The molecule has 1 atom stereocenters. The molecule has 1 aliphatic rings. The molecule has 4 rings (SSSR count). The Balaban J connectivity index is 1.13. The Morgan fingerprint density at radius 2 is 1.90 bits per heavy atom. The predicted octanol–water partition coefficient (Wildman–Crippen LogP) is 2.80. The summed E-state index contributed by atoms with van der Waals surface area (Å²) in [5.41, 5.74) is 0.834. The summed E-state index contributed by atoms with van der Waals surface area (Å²) < 4.78 is 5.81. The molecule has 158 valence electrons. The third kappa shape index (κ3) is 5.07. The topological polar surface area (TPSA) is 86.5 Å². The molecule has 1 aliphatic heterocycles. The third-order valence-electron chi connectivity index (χ3n) is 5.36. The Hall–Kier alpha value is -3.13. The van der Waals surface area contributed by atoms with Gasteiger partial charge in [0.1, 0.15) is 11.3 Å². The summed E-state index contributed by atoms with van der Waals surface area (Å²) in [6.45, 7) is 7.33. The molecule has 0 radical (unpaired) electrons. The third-order valence-corrected chi connectivity index (χ3v) is 5.36. The number of rotatable bonds is 7. The average molecular weight is 409 g/mol. The second kappa shape index (κ2) is 9.58. The van der Waals surface area contributed by atoms with Gasteiger partial charge in [-0.1, -0.05) is 18.2 Å². The van der Waals surface area contributed by atoms with Crippen molar-refractivity contribution in [3.63, 3.8) is 0 Å². The smallest absolute Gasteiger partial charge is 0.315 e. The SMILES string of the molecule is CC(NC(=O)NCCCN1CCN(c2ncccn2)CC1)c1cc2ccccc2o1. The van der Waals surface area contributed by atoms with Crippen LogP contribution in [0.2, 0.25) is 0 Å². The van der Waals surface area contributed by atoms with E-state index in [1.165, 1.54) is 0 Å². The van der Waals surface area contributed by atoms with Crippen LogP contribution in [0.1, 0.15) is 25.1 Å². The fourth-order valence-corrected chi connectivity index (χ4v) is 3.67. The number of piperazine rings is 1. The van der Waals surface area contributed by atoms with Crippen LogP contribution < -0.4 is 15.5 Å². The van der Waals surface area contributed by atoms with Crippen LogP contribution in [0.5, 0.6) is 0 Å². The highest BCUT2D eigenvalue weighted by atomic mass is 16.3. The largest absolute Gasteiger partial charge is 0.459 e. The molecule has 1 aromatic carbocycles. The molecule has 8 nitrogen and oxygen atoms in total. The first-order valence-electron chi connectivity index (χ1n) is 10.5. The molecule has 1 fully saturated rings. The van der Waals surface area contributed by atoms with Crippen molar-refractivity contribution in [2.45, 2.75) is 19.4 Å².